The second kappa shape index (κ2) is 9.53. The Morgan fingerprint density at radius 3 is 2.52 bits per heavy atom. The van der Waals surface area contributed by atoms with E-state index in [4.69, 9.17) is 5.73 Å². The van der Waals surface area contributed by atoms with Gasteiger partial charge in [0.1, 0.15) is 17.2 Å². The third-order valence-electron chi connectivity index (χ3n) is 5.02. The highest BCUT2D eigenvalue weighted by Crippen LogP contribution is 2.25. The summed E-state index contributed by atoms with van der Waals surface area (Å²) >= 11 is 0. The maximum atomic E-state index is 13.1. The lowest BCUT2D eigenvalue weighted by Gasteiger charge is -2.37. The van der Waals surface area contributed by atoms with Crippen LogP contribution in [-0.2, 0) is 16.9 Å². The molecule has 3 rings (SSSR count). The standard InChI is InChI=1S/C19H27N5O.2ClH/c1-14-21-15(2)24(22-14)13-16-8-7-11-23(12-16)18(25)19(3,20)17-9-5-4-6-10-17;;/h4-6,9-10,16H,7-8,11-13,20H2,1-3H3;2*1H. The fourth-order valence-electron chi connectivity index (χ4n) is 3.61. The molecule has 2 aromatic rings. The molecular weight excluding hydrogens is 385 g/mol. The lowest BCUT2D eigenvalue weighted by atomic mass is 9.89. The zero-order chi connectivity index (χ0) is 18.0. The van der Waals surface area contributed by atoms with Crippen LogP contribution in [0.25, 0.3) is 0 Å². The Morgan fingerprint density at radius 1 is 1.26 bits per heavy atom. The molecular formula is C19H29Cl2N5O. The molecule has 1 amide bonds. The number of hydrogen-bond acceptors (Lipinski definition) is 4. The van der Waals surface area contributed by atoms with Gasteiger partial charge in [-0.1, -0.05) is 30.3 Å². The summed E-state index contributed by atoms with van der Waals surface area (Å²) in [5.41, 5.74) is 6.27. The van der Waals surface area contributed by atoms with Crippen molar-refractivity contribution in [2.75, 3.05) is 13.1 Å². The number of nitrogens with zero attached hydrogens (tertiary/aromatic N) is 4. The molecule has 1 aromatic heterocycles. The monoisotopic (exact) mass is 413 g/mol. The molecule has 1 fully saturated rings. The third-order valence-corrected chi connectivity index (χ3v) is 5.02. The van der Waals surface area contributed by atoms with Crippen molar-refractivity contribution < 1.29 is 4.79 Å². The van der Waals surface area contributed by atoms with Gasteiger partial charge in [-0.15, -0.1) is 24.8 Å². The van der Waals surface area contributed by atoms with Crippen LogP contribution in [0.15, 0.2) is 30.3 Å². The van der Waals surface area contributed by atoms with Gasteiger partial charge in [0, 0.05) is 19.6 Å². The smallest absolute Gasteiger partial charge is 0.246 e. The summed E-state index contributed by atoms with van der Waals surface area (Å²) in [7, 11) is 0. The minimum Gasteiger partial charge on any atom is -0.340 e. The van der Waals surface area contributed by atoms with Crippen molar-refractivity contribution >= 4 is 30.7 Å². The number of benzene rings is 1. The molecule has 0 radical (unpaired) electrons. The van der Waals surface area contributed by atoms with Crippen molar-refractivity contribution in [1.29, 1.82) is 0 Å². The van der Waals surface area contributed by atoms with E-state index < -0.39 is 5.54 Å². The Bertz CT molecular complexity index is 748. The first-order chi connectivity index (χ1) is 11.9. The van der Waals surface area contributed by atoms with Crippen LogP contribution < -0.4 is 5.73 Å². The lowest BCUT2D eigenvalue weighted by Crippen LogP contribution is -2.53. The molecule has 0 bridgehead atoms. The van der Waals surface area contributed by atoms with E-state index in [1.54, 1.807) is 6.92 Å². The number of carbonyl (C=O) groups is 1. The average Bonchev–Trinajstić information content (AvgIpc) is 2.92. The third kappa shape index (κ3) is 5.21. The van der Waals surface area contributed by atoms with Crippen LogP contribution in [-0.4, -0.2) is 38.7 Å². The average molecular weight is 414 g/mol. The second-order valence-corrected chi connectivity index (χ2v) is 7.22. The Morgan fingerprint density at radius 2 is 1.93 bits per heavy atom. The van der Waals surface area contributed by atoms with Gasteiger partial charge in [0.2, 0.25) is 5.91 Å². The number of hydrogen-bond donors (Lipinski definition) is 1. The number of amides is 1. The van der Waals surface area contributed by atoms with E-state index in [0.29, 0.717) is 5.92 Å². The molecule has 2 heterocycles. The topological polar surface area (TPSA) is 77.0 Å². The van der Waals surface area contributed by atoms with Gasteiger partial charge >= 0.3 is 0 Å². The van der Waals surface area contributed by atoms with Crippen LogP contribution in [0, 0.1) is 19.8 Å². The van der Waals surface area contributed by atoms with E-state index in [1.807, 2.05) is 53.8 Å². The van der Waals surface area contributed by atoms with Crippen LogP contribution in [0.4, 0.5) is 0 Å². The van der Waals surface area contributed by atoms with Crippen LogP contribution in [0.2, 0.25) is 0 Å². The normalized spacial score (nSPS) is 18.8. The van der Waals surface area contributed by atoms with Crippen LogP contribution in [0.3, 0.4) is 0 Å². The van der Waals surface area contributed by atoms with Crippen molar-refractivity contribution in [2.45, 2.75) is 45.7 Å². The zero-order valence-corrected chi connectivity index (χ0v) is 17.7. The molecule has 8 heteroatoms. The fourth-order valence-corrected chi connectivity index (χ4v) is 3.61. The molecule has 2 N–H and O–H groups in total. The summed E-state index contributed by atoms with van der Waals surface area (Å²) < 4.78 is 1.95. The van der Waals surface area contributed by atoms with Gasteiger partial charge in [-0.3, -0.25) is 4.79 Å². The Kier molecular flexibility index (Phi) is 8.26. The highest BCUT2D eigenvalue weighted by atomic mass is 35.5. The minimum absolute atomic E-state index is 0. The van der Waals surface area contributed by atoms with Gasteiger partial charge in [0.25, 0.3) is 0 Å². The molecule has 0 aliphatic carbocycles. The maximum absolute atomic E-state index is 13.1. The second-order valence-electron chi connectivity index (χ2n) is 7.22. The maximum Gasteiger partial charge on any atom is 0.246 e. The summed E-state index contributed by atoms with van der Waals surface area (Å²) in [5, 5.41) is 4.45. The molecule has 150 valence electrons. The van der Waals surface area contributed by atoms with Gasteiger partial charge in [0.05, 0.1) is 0 Å². The van der Waals surface area contributed by atoms with E-state index >= 15 is 0 Å². The number of carbonyl (C=O) groups excluding carboxylic acids is 1. The van der Waals surface area contributed by atoms with Crippen LogP contribution in [0.5, 0.6) is 0 Å². The van der Waals surface area contributed by atoms with Crippen molar-refractivity contribution in [3.63, 3.8) is 0 Å². The number of halogens is 2. The summed E-state index contributed by atoms with van der Waals surface area (Å²) in [4.78, 5) is 19.3. The number of piperidine rings is 1. The first-order valence-corrected chi connectivity index (χ1v) is 8.89. The van der Waals surface area contributed by atoms with E-state index in [-0.39, 0.29) is 30.7 Å². The van der Waals surface area contributed by atoms with E-state index in [0.717, 1.165) is 49.7 Å². The largest absolute Gasteiger partial charge is 0.340 e. The number of nitrogens with two attached hydrogens (primary N) is 1. The summed E-state index contributed by atoms with van der Waals surface area (Å²) in [6.45, 7) is 7.96. The molecule has 2 unspecified atom stereocenters. The van der Waals surface area contributed by atoms with Crippen molar-refractivity contribution in [2.24, 2.45) is 11.7 Å². The van der Waals surface area contributed by atoms with Crippen molar-refractivity contribution in [3.8, 4) is 0 Å². The first-order valence-electron chi connectivity index (χ1n) is 8.89. The highest BCUT2D eigenvalue weighted by molar-refractivity contribution is 5.87. The summed E-state index contributed by atoms with van der Waals surface area (Å²) in [6, 6.07) is 9.61. The molecule has 1 aliphatic heterocycles. The fraction of sp³-hybridized carbons (Fsp3) is 0.526. The predicted octanol–water partition coefficient (Wildman–Crippen LogP) is 2.85. The first kappa shape index (κ1) is 23.4. The van der Waals surface area contributed by atoms with E-state index in [9.17, 15) is 4.79 Å². The van der Waals surface area contributed by atoms with Gasteiger partial charge in [-0.05, 0) is 45.1 Å². The van der Waals surface area contributed by atoms with Crippen molar-refractivity contribution in [1.82, 2.24) is 19.7 Å². The predicted molar refractivity (Wildman–Crippen MR) is 111 cm³/mol. The molecule has 1 aliphatic rings. The molecule has 1 saturated heterocycles. The van der Waals surface area contributed by atoms with Gasteiger partial charge < -0.3 is 10.6 Å². The van der Waals surface area contributed by atoms with Gasteiger partial charge in [0.15, 0.2) is 0 Å². The molecule has 0 spiro atoms. The Hall–Kier alpha value is -1.63. The van der Waals surface area contributed by atoms with Crippen LogP contribution in [0.1, 0.15) is 37.0 Å². The van der Waals surface area contributed by atoms with E-state index in [1.165, 1.54) is 0 Å². The summed E-state index contributed by atoms with van der Waals surface area (Å²) in [5.74, 6) is 2.09. The molecule has 27 heavy (non-hydrogen) atoms. The van der Waals surface area contributed by atoms with Crippen molar-refractivity contribution in [3.05, 3.63) is 47.5 Å². The van der Waals surface area contributed by atoms with E-state index in [2.05, 4.69) is 10.1 Å². The molecule has 1 aromatic carbocycles. The van der Waals surface area contributed by atoms with Gasteiger partial charge in [-0.25, -0.2) is 9.67 Å². The number of aromatic nitrogens is 3. The van der Waals surface area contributed by atoms with Gasteiger partial charge in [-0.2, -0.15) is 5.10 Å². The Balaban J connectivity index is 0.00000182. The molecule has 0 saturated carbocycles. The number of aryl methyl sites for hydroxylation is 2. The Labute approximate surface area is 173 Å². The molecule has 6 nitrogen and oxygen atoms in total. The number of rotatable bonds is 4. The van der Waals surface area contributed by atoms with Crippen LogP contribution >= 0.6 is 24.8 Å². The quantitative estimate of drug-likeness (QED) is 0.835. The lowest BCUT2D eigenvalue weighted by molar-refractivity contribution is -0.138. The SMILES string of the molecule is Cc1nc(C)n(CC2CCCN(C(=O)C(C)(N)c3ccccc3)C2)n1.Cl.Cl. The zero-order valence-electron chi connectivity index (χ0n) is 16.1. The molecule has 2 atom stereocenters. The minimum atomic E-state index is -0.997. The highest BCUT2D eigenvalue weighted by Gasteiger charge is 2.36. The summed E-state index contributed by atoms with van der Waals surface area (Å²) in [6.07, 6.45) is 2.09. The number of likely N-dealkylation sites (tertiary alicyclic amines) is 1.